The van der Waals surface area contributed by atoms with Gasteiger partial charge in [-0.15, -0.1) is 0 Å². The number of para-hydroxylation sites is 1. The minimum atomic E-state index is 0.642. The third-order valence-corrected chi connectivity index (χ3v) is 2.03. The van der Waals surface area contributed by atoms with Crippen molar-refractivity contribution in [2.75, 3.05) is 19.0 Å². The van der Waals surface area contributed by atoms with Gasteiger partial charge >= 0.3 is 0 Å². The van der Waals surface area contributed by atoms with Crippen LogP contribution in [0.4, 0.5) is 5.69 Å². The normalized spacial score (nSPS) is 9.77. The third-order valence-electron chi connectivity index (χ3n) is 1.74. The molecule has 0 heterocycles. The minimum Gasteiger partial charge on any atom is -0.493 e. The fraction of sp³-hybridized carbons (Fsp3) is 0.400. The molecule has 0 spiro atoms. The van der Waals surface area contributed by atoms with Gasteiger partial charge < -0.3 is 10.1 Å². The Balaban J connectivity index is 2.85. The molecule has 3 heteroatoms. The molecule has 1 aromatic rings. The lowest BCUT2D eigenvalue weighted by Gasteiger charge is -2.11. The Labute approximate surface area is 83.9 Å². The molecular weight excluding hydrogens is 186 g/mol. The van der Waals surface area contributed by atoms with Crippen LogP contribution in [0, 0.1) is 0 Å². The van der Waals surface area contributed by atoms with Crippen molar-refractivity contribution in [3.05, 3.63) is 23.2 Å². The van der Waals surface area contributed by atoms with Crippen LogP contribution in [0.3, 0.4) is 0 Å². The summed E-state index contributed by atoms with van der Waals surface area (Å²) in [4.78, 5) is 0. The highest BCUT2D eigenvalue weighted by Gasteiger charge is 2.05. The van der Waals surface area contributed by atoms with Gasteiger partial charge in [-0.05, 0) is 18.6 Å². The number of hydrogen-bond acceptors (Lipinski definition) is 2. The average Bonchev–Trinajstić information content (AvgIpc) is 2.15. The van der Waals surface area contributed by atoms with Crippen LogP contribution in [0.5, 0.6) is 5.75 Å². The van der Waals surface area contributed by atoms with Crippen LogP contribution in [0.2, 0.25) is 5.02 Å². The van der Waals surface area contributed by atoms with Crippen LogP contribution in [0.1, 0.15) is 13.3 Å². The summed E-state index contributed by atoms with van der Waals surface area (Å²) in [6.45, 7) is 3.04. The van der Waals surface area contributed by atoms with Crippen LogP contribution in [0.25, 0.3) is 0 Å². The Kier molecular flexibility index (Phi) is 3.90. The molecule has 1 aromatic carbocycles. The third kappa shape index (κ3) is 2.52. The summed E-state index contributed by atoms with van der Waals surface area (Å²) in [5.74, 6) is 0.720. The van der Waals surface area contributed by atoms with Crippen molar-refractivity contribution in [3.63, 3.8) is 0 Å². The summed E-state index contributed by atoms with van der Waals surface area (Å²) in [7, 11) is 1.62. The van der Waals surface area contributed by atoms with Gasteiger partial charge in [0.15, 0.2) is 5.75 Å². The molecule has 0 aliphatic heterocycles. The number of hydrogen-bond donors (Lipinski definition) is 1. The molecule has 72 valence electrons. The van der Waals surface area contributed by atoms with Gasteiger partial charge in [0.25, 0.3) is 0 Å². The highest BCUT2D eigenvalue weighted by Crippen LogP contribution is 2.32. The van der Waals surface area contributed by atoms with E-state index >= 15 is 0 Å². The first kappa shape index (κ1) is 10.2. The summed E-state index contributed by atoms with van der Waals surface area (Å²) >= 11 is 5.94. The number of anilines is 1. The fourth-order valence-electron chi connectivity index (χ4n) is 1.12. The zero-order valence-corrected chi connectivity index (χ0v) is 8.69. The number of rotatable bonds is 4. The van der Waals surface area contributed by atoms with Gasteiger partial charge in [0.1, 0.15) is 0 Å². The maximum Gasteiger partial charge on any atom is 0.160 e. The van der Waals surface area contributed by atoms with E-state index in [0.717, 1.165) is 24.4 Å². The van der Waals surface area contributed by atoms with Crippen LogP contribution in [-0.2, 0) is 0 Å². The molecule has 0 aromatic heterocycles. The van der Waals surface area contributed by atoms with Gasteiger partial charge in [0, 0.05) is 6.54 Å². The standard InChI is InChI=1S/C10H14ClNO/c1-3-7-12-9-6-4-5-8(11)10(9)13-2/h4-6,12H,3,7H2,1-2H3. The largest absolute Gasteiger partial charge is 0.493 e. The van der Waals surface area contributed by atoms with E-state index < -0.39 is 0 Å². The van der Waals surface area contributed by atoms with Crippen molar-refractivity contribution in [2.24, 2.45) is 0 Å². The highest BCUT2D eigenvalue weighted by atomic mass is 35.5. The maximum absolute atomic E-state index is 5.94. The molecule has 0 aliphatic rings. The SMILES string of the molecule is CCCNc1cccc(Cl)c1OC. The van der Waals surface area contributed by atoms with Crippen molar-refractivity contribution >= 4 is 17.3 Å². The van der Waals surface area contributed by atoms with E-state index in [4.69, 9.17) is 16.3 Å². The number of nitrogens with one attached hydrogen (secondary N) is 1. The molecule has 0 saturated heterocycles. The summed E-state index contributed by atoms with van der Waals surface area (Å²) < 4.78 is 5.18. The Morgan fingerprint density at radius 2 is 2.23 bits per heavy atom. The molecule has 0 bridgehead atoms. The van der Waals surface area contributed by atoms with Gasteiger partial charge in [0.05, 0.1) is 17.8 Å². The van der Waals surface area contributed by atoms with Crippen LogP contribution in [0.15, 0.2) is 18.2 Å². The second kappa shape index (κ2) is 4.97. The maximum atomic E-state index is 5.94. The van der Waals surface area contributed by atoms with E-state index in [2.05, 4.69) is 12.2 Å². The van der Waals surface area contributed by atoms with E-state index in [0.29, 0.717) is 5.02 Å². The molecular formula is C10H14ClNO. The first-order valence-corrected chi connectivity index (χ1v) is 4.73. The fourth-order valence-corrected chi connectivity index (χ4v) is 1.37. The topological polar surface area (TPSA) is 21.3 Å². The van der Waals surface area contributed by atoms with Crippen molar-refractivity contribution in [1.82, 2.24) is 0 Å². The molecule has 0 saturated carbocycles. The van der Waals surface area contributed by atoms with Crippen molar-refractivity contribution in [1.29, 1.82) is 0 Å². The lowest BCUT2D eigenvalue weighted by Crippen LogP contribution is -2.01. The first-order valence-electron chi connectivity index (χ1n) is 4.36. The number of halogens is 1. The molecule has 0 aliphatic carbocycles. The van der Waals surface area contributed by atoms with E-state index in [1.165, 1.54) is 0 Å². The van der Waals surface area contributed by atoms with E-state index in [-0.39, 0.29) is 0 Å². The molecule has 1 N–H and O–H groups in total. The van der Waals surface area contributed by atoms with Crippen LogP contribution < -0.4 is 10.1 Å². The van der Waals surface area contributed by atoms with E-state index in [9.17, 15) is 0 Å². The molecule has 0 unspecified atom stereocenters. The predicted octanol–water partition coefficient (Wildman–Crippen LogP) is 3.17. The molecule has 0 radical (unpaired) electrons. The Morgan fingerprint density at radius 3 is 2.85 bits per heavy atom. The zero-order chi connectivity index (χ0) is 9.68. The molecule has 0 atom stereocenters. The van der Waals surface area contributed by atoms with Crippen molar-refractivity contribution in [2.45, 2.75) is 13.3 Å². The minimum absolute atomic E-state index is 0.642. The van der Waals surface area contributed by atoms with Crippen molar-refractivity contribution in [3.8, 4) is 5.75 Å². The molecule has 0 fully saturated rings. The van der Waals surface area contributed by atoms with Gasteiger partial charge in [0.2, 0.25) is 0 Å². The number of methoxy groups -OCH3 is 1. The lowest BCUT2D eigenvalue weighted by atomic mass is 10.3. The Morgan fingerprint density at radius 1 is 1.46 bits per heavy atom. The van der Waals surface area contributed by atoms with Crippen LogP contribution in [-0.4, -0.2) is 13.7 Å². The van der Waals surface area contributed by atoms with Gasteiger partial charge in [-0.25, -0.2) is 0 Å². The van der Waals surface area contributed by atoms with Gasteiger partial charge in [-0.3, -0.25) is 0 Å². The summed E-state index contributed by atoms with van der Waals surface area (Å²) in [6.07, 6.45) is 1.08. The second-order valence-corrected chi connectivity index (χ2v) is 3.15. The molecule has 2 nitrogen and oxygen atoms in total. The Bertz CT molecular complexity index is 276. The smallest absolute Gasteiger partial charge is 0.160 e. The van der Waals surface area contributed by atoms with E-state index in [1.54, 1.807) is 7.11 Å². The number of ether oxygens (including phenoxy) is 1. The second-order valence-electron chi connectivity index (χ2n) is 2.75. The summed E-state index contributed by atoms with van der Waals surface area (Å²) in [6, 6.07) is 5.68. The molecule has 13 heavy (non-hydrogen) atoms. The Hall–Kier alpha value is -0.890. The summed E-state index contributed by atoms with van der Waals surface area (Å²) in [5.41, 5.74) is 0.955. The lowest BCUT2D eigenvalue weighted by molar-refractivity contribution is 0.416. The number of benzene rings is 1. The van der Waals surface area contributed by atoms with Gasteiger partial charge in [-0.1, -0.05) is 24.6 Å². The van der Waals surface area contributed by atoms with Crippen molar-refractivity contribution < 1.29 is 4.74 Å². The quantitative estimate of drug-likeness (QED) is 0.805. The van der Waals surface area contributed by atoms with Crippen LogP contribution >= 0.6 is 11.6 Å². The summed E-state index contributed by atoms with van der Waals surface area (Å²) in [5, 5.41) is 3.89. The molecule has 0 amide bonds. The average molecular weight is 200 g/mol. The molecule has 1 rings (SSSR count). The predicted molar refractivity (Wildman–Crippen MR) is 56.8 cm³/mol. The van der Waals surface area contributed by atoms with Gasteiger partial charge in [-0.2, -0.15) is 0 Å². The first-order chi connectivity index (χ1) is 6.29. The zero-order valence-electron chi connectivity index (χ0n) is 7.93. The van der Waals surface area contributed by atoms with E-state index in [1.807, 2.05) is 18.2 Å². The monoisotopic (exact) mass is 199 g/mol. The highest BCUT2D eigenvalue weighted by molar-refractivity contribution is 6.32.